The Kier molecular flexibility index (Phi) is 12.8. The smallest absolute Gasteiger partial charge is 0.239 e. The lowest BCUT2D eigenvalue weighted by molar-refractivity contribution is -0.134. The van der Waals surface area contributed by atoms with Crippen LogP contribution in [0, 0.1) is 11.8 Å². The number of carbonyl (C=O) groups is 2. The largest absolute Gasteiger partial charge is 0.492 e. The maximum atomic E-state index is 13.4. The third-order valence-corrected chi connectivity index (χ3v) is 7.98. The van der Waals surface area contributed by atoms with Crippen LogP contribution in [0.4, 0.5) is 0 Å². The molecule has 2 amide bonds. The van der Waals surface area contributed by atoms with Gasteiger partial charge in [-0.25, -0.2) is 0 Å². The van der Waals surface area contributed by atoms with Crippen molar-refractivity contribution < 1.29 is 14.3 Å². The minimum Gasteiger partial charge on any atom is -0.492 e. The zero-order valence-corrected chi connectivity index (χ0v) is 24.5. The highest BCUT2D eigenvalue weighted by Crippen LogP contribution is 2.23. The molecule has 6 nitrogen and oxygen atoms in total. The zero-order valence-electron chi connectivity index (χ0n) is 24.5. The number of nitrogens with zero attached hydrogens (tertiary/aromatic N) is 1. The second-order valence-electron chi connectivity index (χ2n) is 11.2. The topological polar surface area (TPSA) is 70.7 Å². The van der Waals surface area contributed by atoms with Crippen LogP contribution in [-0.4, -0.2) is 55.5 Å². The minimum atomic E-state index is -0.207. The summed E-state index contributed by atoms with van der Waals surface area (Å²) >= 11 is 0. The SMILES string of the molecule is CCCC1NCCOc2ccccc2CCCNC(=O)C(Cc2ccccc2)CCC(C)C[C@@H](C)N(C)C1=O. The number of ether oxygens (including phenoxy) is 1. The van der Waals surface area contributed by atoms with Gasteiger partial charge in [0.2, 0.25) is 11.8 Å². The number of carbonyl (C=O) groups excluding carboxylic acids is 2. The summed E-state index contributed by atoms with van der Waals surface area (Å²) in [5, 5.41) is 6.67. The summed E-state index contributed by atoms with van der Waals surface area (Å²) in [7, 11) is 1.93. The third-order valence-electron chi connectivity index (χ3n) is 7.98. The summed E-state index contributed by atoms with van der Waals surface area (Å²) < 4.78 is 6.12. The van der Waals surface area contributed by atoms with Crippen molar-refractivity contribution in [2.45, 2.75) is 84.2 Å². The quantitative estimate of drug-likeness (QED) is 0.550. The molecule has 3 unspecified atom stereocenters. The van der Waals surface area contributed by atoms with E-state index in [9.17, 15) is 9.59 Å². The van der Waals surface area contributed by atoms with Crippen molar-refractivity contribution >= 4 is 11.8 Å². The zero-order chi connectivity index (χ0) is 28.0. The summed E-state index contributed by atoms with van der Waals surface area (Å²) in [6.07, 6.45) is 6.89. The molecule has 0 fully saturated rings. The van der Waals surface area contributed by atoms with E-state index in [1.807, 2.05) is 48.3 Å². The van der Waals surface area contributed by atoms with Crippen LogP contribution in [-0.2, 0) is 22.4 Å². The van der Waals surface area contributed by atoms with Crippen molar-refractivity contribution in [2.24, 2.45) is 11.8 Å². The second-order valence-corrected chi connectivity index (χ2v) is 11.2. The molecule has 39 heavy (non-hydrogen) atoms. The monoisotopic (exact) mass is 535 g/mol. The highest BCUT2D eigenvalue weighted by atomic mass is 16.5. The van der Waals surface area contributed by atoms with Crippen LogP contribution in [0.15, 0.2) is 54.6 Å². The van der Waals surface area contributed by atoms with Crippen molar-refractivity contribution in [3.8, 4) is 5.75 Å². The number of fused-ring (bicyclic) bond motifs is 1. The molecule has 0 aliphatic carbocycles. The number of hydrogen-bond donors (Lipinski definition) is 2. The number of aryl methyl sites for hydroxylation is 1. The number of hydrogen-bond acceptors (Lipinski definition) is 4. The molecule has 0 spiro atoms. The minimum absolute atomic E-state index is 0.0659. The van der Waals surface area contributed by atoms with Gasteiger partial charge in [0, 0.05) is 32.1 Å². The van der Waals surface area contributed by atoms with E-state index in [0.717, 1.165) is 62.7 Å². The highest BCUT2D eigenvalue weighted by molar-refractivity contribution is 5.82. The van der Waals surface area contributed by atoms with Crippen LogP contribution in [0.2, 0.25) is 0 Å². The van der Waals surface area contributed by atoms with Crippen LogP contribution in [0.3, 0.4) is 0 Å². The van der Waals surface area contributed by atoms with Crippen LogP contribution in [0.1, 0.15) is 70.4 Å². The van der Waals surface area contributed by atoms with Gasteiger partial charge in [0.15, 0.2) is 0 Å². The Labute approximate surface area is 235 Å². The van der Waals surface area contributed by atoms with Gasteiger partial charge in [-0.2, -0.15) is 0 Å². The van der Waals surface area contributed by atoms with E-state index in [4.69, 9.17) is 4.74 Å². The molecular weight excluding hydrogens is 486 g/mol. The first-order valence-corrected chi connectivity index (χ1v) is 14.9. The molecule has 0 bridgehead atoms. The predicted molar refractivity (Wildman–Crippen MR) is 159 cm³/mol. The lowest BCUT2D eigenvalue weighted by Crippen LogP contribution is -2.49. The van der Waals surface area contributed by atoms with Gasteiger partial charge in [0.05, 0.1) is 6.04 Å². The van der Waals surface area contributed by atoms with E-state index in [2.05, 4.69) is 49.6 Å². The Morgan fingerprint density at radius 1 is 0.974 bits per heavy atom. The average molecular weight is 536 g/mol. The Balaban J connectivity index is 1.75. The predicted octanol–water partition coefficient (Wildman–Crippen LogP) is 5.40. The molecule has 0 saturated heterocycles. The average Bonchev–Trinajstić information content (AvgIpc) is 2.94. The lowest BCUT2D eigenvalue weighted by Gasteiger charge is -2.31. The Morgan fingerprint density at radius 3 is 2.49 bits per heavy atom. The summed E-state index contributed by atoms with van der Waals surface area (Å²) in [5.41, 5.74) is 2.34. The molecule has 0 saturated carbocycles. The van der Waals surface area contributed by atoms with E-state index in [1.165, 1.54) is 5.56 Å². The fourth-order valence-corrected chi connectivity index (χ4v) is 5.51. The van der Waals surface area contributed by atoms with Gasteiger partial charge in [0.25, 0.3) is 0 Å². The summed E-state index contributed by atoms with van der Waals surface area (Å²) in [6.45, 7) is 8.26. The molecule has 2 N–H and O–H groups in total. The van der Waals surface area contributed by atoms with E-state index in [-0.39, 0.29) is 29.8 Å². The first-order valence-electron chi connectivity index (χ1n) is 14.9. The first-order chi connectivity index (χ1) is 18.9. The van der Waals surface area contributed by atoms with Gasteiger partial charge < -0.3 is 20.3 Å². The molecule has 1 aliphatic heterocycles. The molecular formula is C33H49N3O3. The summed E-state index contributed by atoms with van der Waals surface area (Å²) in [5.74, 6) is 1.50. The Bertz CT molecular complexity index is 1010. The molecule has 0 radical (unpaired) electrons. The number of amides is 2. The van der Waals surface area contributed by atoms with Crippen LogP contribution >= 0.6 is 0 Å². The Morgan fingerprint density at radius 2 is 1.72 bits per heavy atom. The number of likely N-dealkylation sites (N-methyl/N-ethyl adjacent to an activating group) is 1. The van der Waals surface area contributed by atoms with Gasteiger partial charge in [-0.05, 0) is 75.0 Å². The van der Waals surface area contributed by atoms with Gasteiger partial charge in [-0.15, -0.1) is 0 Å². The normalized spacial score (nSPS) is 24.8. The number of nitrogens with one attached hydrogen (secondary N) is 2. The van der Waals surface area contributed by atoms with E-state index in [0.29, 0.717) is 25.6 Å². The second kappa shape index (κ2) is 16.3. The standard InChI is InChI=1S/C33H49N3O3/c1-5-12-30-33(38)36(4)26(3)23-25(2)18-19-29(24-27-13-7-6-8-14-27)32(37)35-20-11-16-28-15-9-10-17-31(28)39-22-21-34-30/h6-10,13-15,17,25-26,29-30,34H,5,11-12,16,18-24H2,1-4H3,(H,35,37)/t25?,26-,29?,30?/m1/s1. The number of benzene rings is 2. The first kappa shape index (κ1) is 30.7. The molecule has 1 heterocycles. The number of rotatable bonds is 4. The molecule has 2 aromatic carbocycles. The van der Waals surface area contributed by atoms with E-state index >= 15 is 0 Å². The maximum Gasteiger partial charge on any atom is 0.239 e. The maximum absolute atomic E-state index is 13.4. The molecule has 0 aromatic heterocycles. The van der Waals surface area contributed by atoms with Crippen LogP contribution in [0.5, 0.6) is 5.75 Å². The van der Waals surface area contributed by atoms with E-state index < -0.39 is 0 Å². The molecule has 6 heteroatoms. The van der Waals surface area contributed by atoms with E-state index in [1.54, 1.807) is 0 Å². The molecule has 4 atom stereocenters. The van der Waals surface area contributed by atoms with Gasteiger partial charge in [-0.1, -0.05) is 68.8 Å². The third kappa shape index (κ3) is 9.99. The molecule has 2 aromatic rings. The fraction of sp³-hybridized carbons (Fsp3) is 0.576. The van der Waals surface area contributed by atoms with Crippen molar-refractivity contribution in [1.29, 1.82) is 0 Å². The fourth-order valence-electron chi connectivity index (χ4n) is 5.51. The van der Waals surface area contributed by atoms with Crippen molar-refractivity contribution in [1.82, 2.24) is 15.5 Å². The van der Waals surface area contributed by atoms with Gasteiger partial charge in [-0.3, -0.25) is 9.59 Å². The summed E-state index contributed by atoms with van der Waals surface area (Å²) in [6, 6.07) is 18.3. The van der Waals surface area contributed by atoms with Crippen LogP contribution in [0.25, 0.3) is 0 Å². The molecule has 214 valence electrons. The Hall–Kier alpha value is -2.86. The van der Waals surface area contributed by atoms with Crippen molar-refractivity contribution in [2.75, 3.05) is 26.7 Å². The highest BCUT2D eigenvalue weighted by Gasteiger charge is 2.26. The molecule has 3 rings (SSSR count). The van der Waals surface area contributed by atoms with Gasteiger partial charge >= 0.3 is 0 Å². The number of para-hydroxylation sites is 1. The van der Waals surface area contributed by atoms with Crippen molar-refractivity contribution in [3.63, 3.8) is 0 Å². The summed E-state index contributed by atoms with van der Waals surface area (Å²) in [4.78, 5) is 28.6. The van der Waals surface area contributed by atoms with Crippen molar-refractivity contribution in [3.05, 3.63) is 65.7 Å². The van der Waals surface area contributed by atoms with Crippen LogP contribution < -0.4 is 15.4 Å². The lowest BCUT2D eigenvalue weighted by atomic mass is 9.88. The van der Waals surface area contributed by atoms with Gasteiger partial charge in [0.1, 0.15) is 12.4 Å². The molecule has 1 aliphatic rings.